The van der Waals surface area contributed by atoms with Crippen molar-refractivity contribution in [1.82, 2.24) is 9.80 Å². The second-order valence-corrected chi connectivity index (χ2v) is 34.2. The van der Waals surface area contributed by atoms with E-state index in [1.54, 1.807) is 97.1 Å². The Hall–Kier alpha value is -2.88. The molecule has 6 heterocycles. The van der Waals surface area contributed by atoms with Gasteiger partial charge in [0.2, 0.25) is 6.79 Å². The summed E-state index contributed by atoms with van der Waals surface area (Å²) in [6.07, 6.45) is -19.2. The van der Waals surface area contributed by atoms with Gasteiger partial charge >= 0.3 is 11.9 Å². The third-order valence-corrected chi connectivity index (χ3v) is 24.4. The Morgan fingerprint density at radius 3 is 1.22 bits per heavy atom. The summed E-state index contributed by atoms with van der Waals surface area (Å²) >= 11 is 0. The van der Waals surface area contributed by atoms with Crippen molar-refractivity contribution < 1.29 is 137 Å². The molecule has 6 fully saturated rings. The van der Waals surface area contributed by atoms with Crippen molar-refractivity contribution in [3.8, 4) is 0 Å². The number of rotatable bonds is 20. The van der Waals surface area contributed by atoms with Crippen LogP contribution in [0, 0.1) is 47.3 Å². The molecule has 0 aliphatic carbocycles. The van der Waals surface area contributed by atoms with Crippen LogP contribution in [-0.2, 0) is 85.5 Å². The highest BCUT2D eigenvalue weighted by Gasteiger charge is 2.57. The molecule has 0 aromatic rings. The number of cyclic esters (lactones) is 2. The molecular weight excluding hydrogens is 1430 g/mol. The van der Waals surface area contributed by atoms with E-state index in [1.165, 1.54) is 41.9 Å². The van der Waals surface area contributed by atoms with Gasteiger partial charge in [-0.05, 0) is 150 Å². The van der Waals surface area contributed by atoms with E-state index in [0.29, 0.717) is 25.2 Å². The highest BCUT2D eigenvalue weighted by Crippen LogP contribution is 2.45. The van der Waals surface area contributed by atoms with E-state index in [9.17, 15) is 65.4 Å². The molecule has 6 aliphatic heterocycles. The van der Waals surface area contributed by atoms with Gasteiger partial charge < -0.3 is 132 Å². The average Bonchev–Trinajstić information content (AvgIpc) is 0.777. The number of hydrogen-bond donors (Lipinski definition) is 10. The summed E-state index contributed by atoms with van der Waals surface area (Å²) < 4.78 is 85.2. The summed E-state index contributed by atoms with van der Waals surface area (Å²) in [4.78, 5) is 51.6. The molecular formula is C78H143N3O28. The van der Waals surface area contributed by atoms with Gasteiger partial charge in [0.1, 0.15) is 53.6 Å². The van der Waals surface area contributed by atoms with Crippen LogP contribution in [0.2, 0.25) is 0 Å². The van der Waals surface area contributed by atoms with Gasteiger partial charge in [-0.25, -0.2) is 0 Å². The van der Waals surface area contributed by atoms with Gasteiger partial charge in [0.15, 0.2) is 25.2 Å². The molecule has 6 saturated heterocycles. The third kappa shape index (κ3) is 23.3. The number of carbonyl (C=O) groups excluding carboxylic acids is 3. The van der Waals surface area contributed by atoms with Crippen LogP contribution in [0.25, 0.3) is 0 Å². The molecule has 31 nitrogen and oxygen atoms in total. The van der Waals surface area contributed by atoms with E-state index >= 15 is 0 Å². The summed E-state index contributed by atoms with van der Waals surface area (Å²) in [6.45, 7) is 33.6. The molecule has 0 aromatic carbocycles. The lowest BCUT2D eigenvalue weighted by Gasteiger charge is -2.49. The maximum atomic E-state index is 14.3. The Bertz CT molecular complexity index is 2840. The SMILES string of the molecule is CC[C@H]1OC(=O)[C@H](C)[C@@H](O[C@H]2C[C@@](C)(OC)[C@@H](O)[C@H](C)O2)[C@H](C)[C@@H](O[C@@H]2O[C@H](C)C[C@H](N(C)C)[C@H]2O)[C@](C)(O)C[C@@H](C)/C(=N\OCOCCOC)[C@H](C)[C@@H](O)[C@]1(C)O.CC[C@H]1OC(=O)[C@H](C)[C@@H](O[C@H]2C[C@@](C)(OC)[C@@H](O)[C@H](C)O2)[C@H](C)[C@@H](O[C@@H]2O[C@H](C)C[C@H](N(C)C)[C@H]2O)[C@](C)(O)C[C@@H](C)C(=O)[C@H](C)[C@@H](O)[C@]1(C)O. The van der Waals surface area contributed by atoms with Crippen molar-refractivity contribution in [3.63, 3.8) is 0 Å². The van der Waals surface area contributed by atoms with Crippen molar-refractivity contribution in [2.75, 3.05) is 69.5 Å². The van der Waals surface area contributed by atoms with Gasteiger partial charge in [0.25, 0.3) is 0 Å². The number of esters is 2. The van der Waals surface area contributed by atoms with Crippen LogP contribution in [0.5, 0.6) is 0 Å². The molecule has 36 atom stereocenters. The lowest BCUT2D eigenvalue weighted by atomic mass is 9.73. The van der Waals surface area contributed by atoms with Gasteiger partial charge in [-0.1, -0.05) is 60.5 Å². The standard InChI is InChI=1S/C41H76N2O15.C37H67NO13/c1-15-29-41(10,49)34(45)24(4)31(42-53-21-52-17-16-50-13)22(2)19-39(8,48)36(58-38-32(44)28(43(11)12)18-23(3)54-38)25(5)33(26(6)37(47)56-29)57-30-20-40(9,51-14)35(46)27(7)55-30;1-14-25-37(10,45)30(41)20(4)27(39)18(2)16-35(8,44)32(51-34-28(40)24(38(11)12)15-19(3)47-34)21(5)29(22(6)33(43)49-25)50-26-17-36(9,46-13)31(42)23(7)48-26/h22-30,32-36,38,44-46,48-49H,15-21H2,1-14H3;18-26,28-32,34,40-42,44-45H,14-17H2,1-13H3/b42-31+;/t22-,23-,24+,25+,26-,27+,28+,29-,30+,32-,33+,34-,35+,36-,38+,39-,40-,41-;18-,19-,20+,21+,22-,23+,24+,25-,26+,28-,29+,30-,31+,32-,34+,35-,36-,37-/m11/s1. The zero-order valence-corrected chi connectivity index (χ0v) is 70.3. The minimum atomic E-state index is -1.99. The molecule has 0 saturated carbocycles. The minimum absolute atomic E-state index is 0.0307. The quantitative estimate of drug-likeness (QED) is 0.0356. The van der Waals surface area contributed by atoms with Gasteiger partial charge in [0.05, 0.1) is 114 Å². The number of methoxy groups -OCH3 is 3. The van der Waals surface area contributed by atoms with E-state index in [1.807, 2.05) is 58.8 Å². The highest BCUT2D eigenvalue weighted by atomic mass is 16.8. The first kappa shape index (κ1) is 96.7. The van der Waals surface area contributed by atoms with Crippen LogP contribution in [0.4, 0.5) is 0 Å². The zero-order chi connectivity index (χ0) is 82.9. The Morgan fingerprint density at radius 1 is 0.486 bits per heavy atom. The number of carbonyl (C=O) groups is 3. The fourth-order valence-corrected chi connectivity index (χ4v) is 17.3. The number of aliphatic hydroxyl groups is 10. The number of nitrogens with zero attached hydrogens (tertiary/aromatic N) is 3. The van der Waals surface area contributed by atoms with Crippen LogP contribution in [0.1, 0.15) is 190 Å². The fourth-order valence-electron chi connectivity index (χ4n) is 17.3. The van der Waals surface area contributed by atoms with Crippen molar-refractivity contribution in [2.45, 2.75) is 358 Å². The van der Waals surface area contributed by atoms with E-state index in [0.717, 1.165) is 0 Å². The van der Waals surface area contributed by atoms with Crippen LogP contribution in [0.15, 0.2) is 5.16 Å². The Labute approximate surface area is 647 Å². The number of hydrogen-bond acceptors (Lipinski definition) is 31. The summed E-state index contributed by atoms with van der Waals surface area (Å²) in [5.41, 5.74) is -9.33. The van der Waals surface area contributed by atoms with E-state index in [2.05, 4.69) is 5.16 Å². The Kier molecular flexibility index (Phi) is 35.8. The number of oxime groups is 1. The lowest BCUT2D eigenvalue weighted by Crippen LogP contribution is -2.61. The van der Waals surface area contributed by atoms with Gasteiger partial charge in [0, 0.05) is 81.8 Å². The smallest absolute Gasteiger partial charge is 0.311 e. The molecule has 0 unspecified atom stereocenters. The molecule has 10 N–H and O–H groups in total. The first-order chi connectivity index (χ1) is 50.4. The molecule has 638 valence electrons. The average molecular weight is 1570 g/mol. The topological polar surface area (TPSA) is 411 Å². The Morgan fingerprint density at radius 2 is 0.862 bits per heavy atom. The van der Waals surface area contributed by atoms with E-state index < -0.39 is 209 Å². The van der Waals surface area contributed by atoms with Crippen molar-refractivity contribution in [1.29, 1.82) is 0 Å². The number of aliphatic hydroxyl groups excluding tert-OH is 6. The van der Waals surface area contributed by atoms with Crippen LogP contribution in [-0.4, -0.2) is 322 Å². The molecule has 0 bridgehead atoms. The number of ether oxygens (including phenoxy) is 14. The van der Waals surface area contributed by atoms with Crippen molar-refractivity contribution >= 4 is 23.4 Å². The maximum Gasteiger partial charge on any atom is 0.311 e. The van der Waals surface area contributed by atoms with Crippen LogP contribution >= 0.6 is 0 Å². The molecule has 109 heavy (non-hydrogen) atoms. The molecule has 0 amide bonds. The molecule has 0 aromatic heterocycles. The molecule has 31 heteroatoms. The summed E-state index contributed by atoms with van der Waals surface area (Å²) in [5, 5.41) is 121. The predicted molar refractivity (Wildman–Crippen MR) is 399 cm³/mol. The molecule has 6 aliphatic rings. The molecule has 6 rings (SSSR count). The highest BCUT2D eigenvalue weighted by molar-refractivity contribution is 5.89. The van der Waals surface area contributed by atoms with E-state index in [4.69, 9.17) is 71.2 Å². The third-order valence-electron chi connectivity index (χ3n) is 24.4. The summed E-state index contributed by atoms with van der Waals surface area (Å²) in [7, 11) is 11.9. The monoisotopic (exact) mass is 1570 g/mol. The van der Waals surface area contributed by atoms with Crippen molar-refractivity contribution in [3.05, 3.63) is 0 Å². The van der Waals surface area contributed by atoms with Gasteiger partial charge in [-0.2, -0.15) is 0 Å². The van der Waals surface area contributed by atoms with Gasteiger partial charge in [-0.15, -0.1) is 0 Å². The first-order valence-electron chi connectivity index (χ1n) is 39.3. The first-order valence-corrected chi connectivity index (χ1v) is 39.3. The summed E-state index contributed by atoms with van der Waals surface area (Å²) in [6, 6.07) is -0.652. The van der Waals surface area contributed by atoms with Gasteiger partial charge in [-0.3, -0.25) is 14.4 Å². The summed E-state index contributed by atoms with van der Waals surface area (Å²) in [5.74, 6) is -9.12. The van der Waals surface area contributed by atoms with Crippen LogP contribution in [0.3, 0.4) is 0 Å². The maximum absolute atomic E-state index is 14.3. The number of ketones is 1. The second-order valence-electron chi connectivity index (χ2n) is 34.2. The normalized spacial score (nSPS) is 47.7. The fraction of sp³-hybridized carbons (Fsp3) is 0.949. The largest absolute Gasteiger partial charge is 0.459 e. The van der Waals surface area contributed by atoms with Crippen molar-refractivity contribution in [2.24, 2.45) is 52.5 Å². The molecule has 0 radical (unpaired) electrons. The minimum Gasteiger partial charge on any atom is -0.459 e. The van der Waals surface area contributed by atoms with Crippen LogP contribution < -0.4 is 0 Å². The second kappa shape index (κ2) is 40.3. The number of likely N-dealkylation sites (N-methyl/N-ethyl adjacent to an activating group) is 2. The number of Topliss-reactive ketones (excluding diaryl/α,β-unsaturated/α-hetero) is 1. The predicted octanol–water partition coefficient (Wildman–Crippen LogP) is 4.00. The zero-order valence-electron chi connectivity index (χ0n) is 70.3. The van der Waals surface area contributed by atoms with E-state index in [-0.39, 0.29) is 76.2 Å². The molecule has 0 spiro atoms. The lowest BCUT2D eigenvalue weighted by molar-refractivity contribution is -0.318. The Balaban J connectivity index is 0.000000394.